The third-order valence-corrected chi connectivity index (χ3v) is 3.59. The SMILES string of the molecule is Cc1cc(C)nc(Nc2ccc(C(=O)NCc3ccncc3)cc2)n1. The molecule has 0 spiro atoms. The van der Waals surface area contributed by atoms with Gasteiger partial charge in [0.05, 0.1) is 0 Å². The molecule has 6 heteroatoms. The summed E-state index contributed by atoms with van der Waals surface area (Å²) in [6.07, 6.45) is 3.41. The van der Waals surface area contributed by atoms with Gasteiger partial charge in [-0.15, -0.1) is 0 Å². The molecule has 3 rings (SSSR count). The Morgan fingerprint density at radius 2 is 1.60 bits per heavy atom. The van der Waals surface area contributed by atoms with Crippen LogP contribution in [0.4, 0.5) is 11.6 Å². The molecule has 2 aromatic heterocycles. The van der Waals surface area contributed by atoms with Gasteiger partial charge in [0, 0.05) is 41.6 Å². The van der Waals surface area contributed by atoms with Gasteiger partial charge >= 0.3 is 0 Å². The molecule has 1 amide bonds. The number of carbonyl (C=O) groups is 1. The second-order valence-corrected chi connectivity index (χ2v) is 5.71. The Kier molecular flexibility index (Phi) is 4.99. The zero-order valence-corrected chi connectivity index (χ0v) is 14.2. The highest BCUT2D eigenvalue weighted by Gasteiger charge is 2.06. The zero-order chi connectivity index (χ0) is 17.6. The highest BCUT2D eigenvalue weighted by atomic mass is 16.1. The summed E-state index contributed by atoms with van der Waals surface area (Å²) in [6, 6.07) is 12.9. The first-order valence-corrected chi connectivity index (χ1v) is 7.96. The van der Waals surface area contributed by atoms with Gasteiger partial charge in [-0.2, -0.15) is 0 Å². The normalized spacial score (nSPS) is 10.3. The Morgan fingerprint density at radius 1 is 0.960 bits per heavy atom. The van der Waals surface area contributed by atoms with E-state index in [1.54, 1.807) is 24.5 Å². The van der Waals surface area contributed by atoms with E-state index in [4.69, 9.17) is 0 Å². The molecule has 3 aromatic rings. The number of hydrogen-bond acceptors (Lipinski definition) is 5. The van der Waals surface area contributed by atoms with Crippen molar-refractivity contribution < 1.29 is 4.79 Å². The van der Waals surface area contributed by atoms with Crippen molar-refractivity contribution >= 4 is 17.5 Å². The number of carbonyl (C=O) groups excluding carboxylic acids is 1. The molecule has 0 atom stereocenters. The molecular weight excluding hydrogens is 314 g/mol. The van der Waals surface area contributed by atoms with E-state index < -0.39 is 0 Å². The fraction of sp³-hybridized carbons (Fsp3) is 0.158. The van der Waals surface area contributed by atoms with Gasteiger partial charge in [-0.1, -0.05) is 0 Å². The van der Waals surface area contributed by atoms with Crippen molar-refractivity contribution in [3.8, 4) is 0 Å². The van der Waals surface area contributed by atoms with Gasteiger partial charge < -0.3 is 10.6 Å². The molecule has 25 heavy (non-hydrogen) atoms. The third-order valence-electron chi connectivity index (χ3n) is 3.59. The zero-order valence-electron chi connectivity index (χ0n) is 14.2. The van der Waals surface area contributed by atoms with E-state index in [0.29, 0.717) is 18.1 Å². The van der Waals surface area contributed by atoms with Crippen molar-refractivity contribution in [2.24, 2.45) is 0 Å². The van der Waals surface area contributed by atoms with E-state index in [2.05, 4.69) is 25.6 Å². The van der Waals surface area contributed by atoms with E-state index in [1.807, 2.05) is 44.2 Å². The summed E-state index contributed by atoms with van der Waals surface area (Å²) in [6.45, 7) is 4.32. The minimum atomic E-state index is -0.119. The Labute approximate surface area is 146 Å². The Hall–Kier alpha value is -3.28. The molecule has 0 saturated carbocycles. The van der Waals surface area contributed by atoms with Crippen LogP contribution in [0.2, 0.25) is 0 Å². The van der Waals surface area contributed by atoms with Crippen LogP contribution in [-0.2, 0) is 6.54 Å². The van der Waals surface area contributed by atoms with Crippen molar-refractivity contribution in [2.45, 2.75) is 20.4 Å². The molecule has 0 radical (unpaired) electrons. The first-order valence-electron chi connectivity index (χ1n) is 7.96. The van der Waals surface area contributed by atoms with E-state index in [1.165, 1.54) is 0 Å². The lowest BCUT2D eigenvalue weighted by molar-refractivity contribution is 0.0951. The minimum absolute atomic E-state index is 0.119. The molecule has 126 valence electrons. The van der Waals surface area contributed by atoms with E-state index in [-0.39, 0.29) is 5.91 Å². The van der Waals surface area contributed by atoms with Crippen molar-refractivity contribution in [3.05, 3.63) is 77.4 Å². The standard InChI is InChI=1S/C19H19N5O/c1-13-11-14(2)23-19(22-13)24-17-5-3-16(4-6-17)18(25)21-12-15-7-9-20-10-8-15/h3-11H,12H2,1-2H3,(H,21,25)(H,22,23,24). The largest absolute Gasteiger partial charge is 0.348 e. The molecule has 0 aliphatic rings. The molecule has 0 saturated heterocycles. The van der Waals surface area contributed by atoms with Crippen molar-refractivity contribution in [1.29, 1.82) is 0 Å². The predicted molar refractivity (Wildman–Crippen MR) is 96.6 cm³/mol. The van der Waals surface area contributed by atoms with Crippen LogP contribution in [0.3, 0.4) is 0 Å². The van der Waals surface area contributed by atoms with E-state index in [0.717, 1.165) is 22.6 Å². The quantitative estimate of drug-likeness (QED) is 0.750. The molecule has 1 aromatic carbocycles. The highest BCUT2D eigenvalue weighted by Crippen LogP contribution is 2.15. The second kappa shape index (κ2) is 7.53. The third kappa shape index (κ3) is 4.60. The topological polar surface area (TPSA) is 79.8 Å². The number of benzene rings is 1. The molecule has 0 fully saturated rings. The lowest BCUT2D eigenvalue weighted by Gasteiger charge is -2.08. The van der Waals surface area contributed by atoms with E-state index in [9.17, 15) is 4.79 Å². The molecule has 2 heterocycles. The molecule has 0 bridgehead atoms. The maximum atomic E-state index is 12.2. The maximum Gasteiger partial charge on any atom is 0.251 e. The molecular formula is C19H19N5O. The molecule has 0 aliphatic carbocycles. The number of nitrogens with zero attached hydrogens (tertiary/aromatic N) is 3. The monoisotopic (exact) mass is 333 g/mol. The summed E-state index contributed by atoms with van der Waals surface area (Å²) in [5.74, 6) is 0.429. The van der Waals surface area contributed by atoms with Crippen molar-refractivity contribution in [1.82, 2.24) is 20.3 Å². The van der Waals surface area contributed by atoms with Crippen LogP contribution < -0.4 is 10.6 Å². The minimum Gasteiger partial charge on any atom is -0.348 e. The first-order chi connectivity index (χ1) is 12.1. The summed E-state index contributed by atoms with van der Waals surface area (Å²) in [5.41, 5.74) is 4.24. The summed E-state index contributed by atoms with van der Waals surface area (Å²) < 4.78 is 0. The molecule has 0 aliphatic heterocycles. The van der Waals surface area contributed by atoms with Crippen LogP contribution in [0.25, 0.3) is 0 Å². The number of aryl methyl sites for hydroxylation is 2. The number of aromatic nitrogens is 3. The van der Waals surface area contributed by atoms with Crippen LogP contribution in [0.1, 0.15) is 27.3 Å². The van der Waals surface area contributed by atoms with Crippen LogP contribution >= 0.6 is 0 Å². The van der Waals surface area contributed by atoms with Gasteiger partial charge in [0.1, 0.15) is 0 Å². The summed E-state index contributed by atoms with van der Waals surface area (Å²) in [5, 5.41) is 6.04. The van der Waals surface area contributed by atoms with Crippen LogP contribution in [0.15, 0.2) is 54.9 Å². The number of hydrogen-bond donors (Lipinski definition) is 2. The lowest BCUT2D eigenvalue weighted by Crippen LogP contribution is -2.22. The predicted octanol–water partition coefficient (Wildman–Crippen LogP) is 3.16. The fourth-order valence-electron chi connectivity index (χ4n) is 2.40. The van der Waals surface area contributed by atoms with E-state index >= 15 is 0 Å². The summed E-state index contributed by atoms with van der Waals surface area (Å²) in [7, 11) is 0. The smallest absolute Gasteiger partial charge is 0.251 e. The maximum absolute atomic E-state index is 12.2. The lowest BCUT2D eigenvalue weighted by atomic mass is 10.2. The van der Waals surface area contributed by atoms with Gasteiger partial charge in [-0.25, -0.2) is 9.97 Å². The van der Waals surface area contributed by atoms with Crippen LogP contribution in [0.5, 0.6) is 0 Å². The van der Waals surface area contributed by atoms with Gasteiger partial charge in [0.25, 0.3) is 5.91 Å². The van der Waals surface area contributed by atoms with Crippen LogP contribution in [-0.4, -0.2) is 20.9 Å². The average molecular weight is 333 g/mol. The van der Waals surface area contributed by atoms with Gasteiger partial charge in [0.2, 0.25) is 5.95 Å². The molecule has 0 unspecified atom stereocenters. The Balaban J connectivity index is 1.62. The number of amides is 1. The summed E-state index contributed by atoms with van der Waals surface area (Å²) >= 11 is 0. The second-order valence-electron chi connectivity index (χ2n) is 5.71. The number of rotatable bonds is 5. The van der Waals surface area contributed by atoms with Gasteiger partial charge in [-0.3, -0.25) is 9.78 Å². The van der Waals surface area contributed by atoms with Crippen LogP contribution in [0, 0.1) is 13.8 Å². The number of nitrogens with one attached hydrogen (secondary N) is 2. The highest BCUT2D eigenvalue weighted by molar-refractivity contribution is 5.94. The number of anilines is 2. The van der Waals surface area contributed by atoms with Crippen molar-refractivity contribution in [3.63, 3.8) is 0 Å². The Bertz CT molecular complexity index is 842. The fourth-order valence-corrected chi connectivity index (χ4v) is 2.40. The number of pyridine rings is 1. The van der Waals surface area contributed by atoms with Gasteiger partial charge in [-0.05, 0) is 61.9 Å². The Morgan fingerprint density at radius 3 is 2.24 bits per heavy atom. The average Bonchev–Trinajstić information content (AvgIpc) is 2.60. The summed E-state index contributed by atoms with van der Waals surface area (Å²) in [4.78, 5) is 24.8. The first kappa shape index (κ1) is 16.6. The molecule has 2 N–H and O–H groups in total. The van der Waals surface area contributed by atoms with Gasteiger partial charge in [0.15, 0.2) is 0 Å². The van der Waals surface area contributed by atoms with Crippen molar-refractivity contribution in [2.75, 3.05) is 5.32 Å². The molecule has 6 nitrogen and oxygen atoms in total.